The number of nitrogens with zero attached hydrogens (tertiary/aromatic N) is 4. The van der Waals surface area contributed by atoms with E-state index in [9.17, 15) is 9.59 Å². The summed E-state index contributed by atoms with van der Waals surface area (Å²) in [7, 11) is 0. The van der Waals surface area contributed by atoms with Crippen molar-refractivity contribution in [1.82, 2.24) is 9.88 Å². The predicted molar refractivity (Wildman–Crippen MR) is 117 cm³/mol. The molecule has 0 bridgehead atoms. The van der Waals surface area contributed by atoms with Crippen molar-refractivity contribution in [1.29, 1.82) is 0 Å². The van der Waals surface area contributed by atoms with Crippen molar-refractivity contribution in [2.24, 2.45) is 0 Å². The first-order chi connectivity index (χ1) is 14.7. The van der Waals surface area contributed by atoms with Crippen LogP contribution in [0.25, 0.3) is 0 Å². The van der Waals surface area contributed by atoms with E-state index in [-0.39, 0.29) is 0 Å². The molecule has 0 radical (unpaired) electrons. The Balaban J connectivity index is 1.47. The molecule has 152 valence electrons. The van der Waals surface area contributed by atoms with Gasteiger partial charge in [0, 0.05) is 38.1 Å². The van der Waals surface area contributed by atoms with Gasteiger partial charge in [-0.05, 0) is 29.8 Å². The number of amides is 2. The van der Waals surface area contributed by atoms with E-state index in [1.807, 2.05) is 78.9 Å². The van der Waals surface area contributed by atoms with Gasteiger partial charge in [0.1, 0.15) is 5.82 Å². The van der Waals surface area contributed by atoms with Crippen LogP contribution in [-0.2, 0) is 16.1 Å². The number of rotatable bonds is 4. The molecule has 0 aliphatic carbocycles. The van der Waals surface area contributed by atoms with Gasteiger partial charge in [-0.1, -0.05) is 54.6 Å². The summed E-state index contributed by atoms with van der Waals surface area (Å²) in [6, 6.07) is 24.9. The Morgan fingerprint density at radius 2 is 1.43 bits per heavy atom. The van der Waals surface area contributed by atoms with Crippen LogP contribution >= 0.6 is 0 Å². The number of piperazine rings is 1. The molecule has 0 N–H and O–H groups in total. The van der Waals surface area contributed by atoms with Crippen molar-refractivity contribution in [2.75, 3.05) is 36.0 Å². The molecular weight excluding hydrogens is 376 g/mol. The lowest BCUT2D eigenvalue weighted by Gasteiger charge is -2.36. The molecule has 2 amide bonds. The number of para-hydroxylation sites is 1. The molecule has 1 fully saturated rings. The van der Waals surface area contributed by atoms with Crippen LogP contribution in [0.5, 0.6) is 0 Å². The van der Waals surface area contributed by atoms with Crippen LogP contribution in [-0.4, -0.2) is 47.9 Å². The van der Waals surface area contributed by atoms with Crippen LogP contribution in [0.4, 0.5) is 11.5 Å². The first-order valence-corrected chi connectivity index (χ1v) is 10.1. The minimum Gasteiger partial charge on any atom is -0.353 e. The molecule has 0 saturated carbocycles. The standard InChI is InChI=1S/C24H24N4O2/c29-23(27-17-15-26(16-18-27)22-13-7-8-14-25-22)24(30)28(21-11-5-2-6-12-21)19-20-9-3-1-4-10-20/h1-14H,15-19H2. The van der Waals surface area contributed by atoms with Crippen LogP contribution in [0, 0.1) is 0 Å². The molecule has 1 saturated heterocycles. The molecule has 0 atom stereocenters. The van der Waals surface area contributed by atoms with Crippen LogP contribution in [0.15, 0.2) is 85.1 Å². The number of hydrogen-bond donors (Lipinski definition) is 0. The van der Waals surface area contributed by atoms with Gasteiger partial charge in [-0.2, -0.15) is 0 Å². The molecule has 2 heterocycles. The fourth-order valence-corrected chi connectivity index (χ4v) is 3.58. The molecule has 30 heavy (non-hydrogen) atoms. The van der Waals surface area contributed by atoms with E-state index in [0.717, 1.165) is 11.4 Å². The first-order valence-electron chi connectivity index (χ1n) is 10.1. The van der Waals surface area contributed by atoms with Crippen LogP contribution in [0.3, 0.4) is 0 Å². The van der Waals surface area contributed by atoms with Gasteiger partial charge in [0.25, 0.3) is 0 Å². The highest BCUT2D eigenvalue weighted by atomic mass is 16.2. The quantitative estimate of drug-likeness (QED) is 0.632. The maximum Gasteiger partial charge on any atom is 0.316 e. The lowest BCUT2D eigenvalue weighted by molar-refractivity contribution is -0.144. The van der Waals surface area contributed by atoms with Gasteiger partial charge in [0.05, 0.1) is 6.54 Å². The Morgan fingerprint density at radius 3 is 2.07 bits per heavy atom. The number of carbonyl (C=O) groups excluding carboxylic acids is 2. The second-order valence-electron chi connectivity index (χ2n) is 7.18. The van der Waals surface area contributed by atoms with Gasteiger partial charge < -0.3 is 9.80 Å². The zero-order valence-electron chi connectivity index (χ0n) is 16.7. The SMILES string of the molecule is O=C(C(=O)N(Cc1ccccc1)c1ccccc1)N1CCN(c2ccccn2)CC1. The van der Waals surface area contributed by atoms with Crippen molar-refractivity contribution >= 4 is 23.3 Å². The molecule has 0 spiro atoms. The topological polar surface area (TPSA) is 56.8 Å². The van der Waals surface area contributed by atoms with Gasteiger partial charge in [-0.25, -0.2) is 4.98 Å². The minimum atomic E-state index is -0.503. The van der Waals surface area contributed by atoms with Gasteiger partial charge >= 0.3 is 11.8 Å². The van der Waals surface area contributed by atoms with E-state index in [1.54, 1.807) is 16.0 Å². The monoisotopic (exact) mass is 400 g/mol. The van der Waals surface area contributed by atoms with E-state index >= 15 is 0 Å². The maximum absolute atomic E-state index is 13.2. The third-order valence-corrected chi connectivity index (χ3v) is 5.22. The summed E-state index contributed by atoms with van der Waals surface area (Å²) < 4.78 is 0. The smallest absolute Gasteiger partial charge is 0.316 e. The van der Waals surface area contributed by atoms with E-state index in [0.29, 0.717) is 38.4 Å². The number of aromatic nitrogens is 1. The van der Waals surface area contributed by atoms with E-state index < -0.39 is 11.8 Å². The predicted octanol–water partition coefficient (Wildman–Crippen LogP) is 2.96. The average Bonchev–Trinajstić information content (AvgIpc) is 2.83. The molecule has 2 aromatic carbocycles. The van der Waals surface area contributed by atoms with Crippen LogP contribution in [0.1, 0.15) is 5.56 Å². The van der Waals surface area contributed by atoms with E-state index in [2.05, 4.69) is 9.88 Å². The number of benzene rings is 2. The third-order valence-electron chi connectivity index (χ3n) is 5.22. The number of carbonyl (C=O) groups is 2. The number of anilines is 2. The Morgan fingerprint density at radius 1 is 0.800 bits per heavy atom. The highest BCUT2D eigenvalue weighted by molar-refractivity contribution is 6.40. The van der Waals surface area contributed by atoms with Gasteiger partial charge in [0.15, 0.2) is 0 Å². The molecular formula is C24H24N4O2. The normalized spacial score (nSPS) is 13.7. The first kappa shape index (κ1) is 19.6. The Hall–Kier alpha value is -3.67. The summed E-state index contributed by atoms with van der Waals surface area (Å²) in [4.78, 5) is 36.0. The molecule has 1 aliphatic heterocycles. The molecule has 0 unspecified atom stereocenters. The second-order valence-corrected chi connectivity index (χ2v) is 7.18. The highest BCUT2D eigenvalue weighted by Crippen LogP contribution is 2.19. The van der Waals surface area contributed by atoms with Crippen molar-refractivity contribution in [3.05, 3.63) is 90.6 Å². The van der Waals surface area contributed by atoms with E-state index in [1.165, 1.54) is 0 Å². The summed E-state index contributed by atoms with van der Waals surface area (Å²) in [6.45, 7) is 2.65. The molecule has 3 aromatic rings. The minimum absolute atomic E-state index is 0.351. The Bertz CT molecular complexity index is 972. The van der Waals surface area contributed by atoms with Crippen LogP contribution < -0.4 is 9.80 Å². The summed E-state index contributed by atoms with van der Waals surface area (Å²) >= 11 is 0. The van der Waals surface area contributed by atoms with Crippen molar-refractivity contribution in [2.45, 2.75) is 6.54 Å². The second kappa shape index (κ2) is 9.22. The third kappa shape index (κ3) is 4.49. The van der Waals surface area contributed by atoms with E-state index in [4.69, 9.17) is 0 Å². The summed E-state index contributed by atoms with van der Waals surface area (Å²) in [5.41, 5.74) is 1.69. The molecule has 6 heteroatoms. The Labute approximate surface area is 176 Å². The maximum atomic E-state index is 13.2. The summed E-state index contributed by atoms with van der Waals surface area (Å²) in [6.07, 6.45) is 1.76. The largest absolute Gasteiger partial charge is 0.353 e. The fourth-order valence-electron chi connectivity index (χ4n) is 3.58. The van der Waals surface area contributed by atoms with Gasteiger partial charge in [0.2, 0.25) is 0 Å². The van der Waals surface area contributed by atoms with Crippen LogP contribution in [0.2, 0.25) is 0 Å². The van der Waals surface area contributed by atoms with Gasteiger partial charge in [-0.15, -0.1) is 0 Å². The molecule has 1 aromatic heterocycles. The summed E-state index contributed by atoms with van der Waals surface area (Å²) in [5, 5.41) is 0. The van der Waals surface area contributed by atoms with Gasteiger partial charge in [-0.3, -0.25) is 14.5 Å². The molecule has 4 rings (SSSR count). The van der Waals surface area contributed by atoms with Crippen molar-refractivity contribution in [3.63, 3.8) is 0 Å². The van der Waals surface area contributed by atoms with Crippen molar-refractivity contribution in [3.8, 4) is 0 Å². The Kier molecular flexibility index (Phi) is 6.03. The van der Waals surface area contributed by atoms with Crippen molar-refractivity contribution < 1.29 is 9.59 Å². The lowest BCUT2D eigenvalue weighted by atomic mass is 10.2. The highest BCUT2D eigenvalue weighted by Gasteiger charge is 2.30. The summed E-state index contributed by atoms with van der Waals surface area (Å²) in [5.74, 6) is -0.0716. The zero-order valence-corrected chi connectivity index (χ0v) is 16.7. The number of hydrogen-bond acceptors (Lipinski definition) is 4. The number of pyridine rings is 1. The molecule has 1 aliphatic rings. The zero-order chi connectivity index (χ0) is 20.8. The lowest BCUT2D eigenvalue weighted by Crippen LogP contribution is -2.53. The average molecular weight is 400 g/mol. The molecule has 6 nitrogen and oxygen atoms in total. The fraction of sp³-hybridized carbons (Fsp3) is 0.208.